The molecule has 1 saturated carbocycles. The highest BCUT2D eigenvalue weighted by Crippen LogP contribution is 2.51. The molecule has 2 N–H and O–H groups in total. The zero-order valence-electron chi connectivity index (χ0n) is 11.2. The van der Waals surface area contributed by atoms with Crippen LogP contribution >= 0.6 is 0 Å². The molecule has 0 aromatic rings. The van der Waals surface area contributed by atoms with Crippen molar-refractivity contribution in [3.05, 3.63) is 48.2 Å². The first-order valence-electron chi connectivity index (χ1n) is 6.57. The first-order valence-corrected chi connectivity index (χ1v) is 6.57. The number of hydrogen-bond donors (Lipinski definition) is 1. The van der Waals surface area contributed by atoms with E-state index in [1.54, 1.807) is 0 Å². The lowest BCUT2D eigenvalue weighted by Gasteiger charge is -2.43. The zero-order chi connectivity index (χ0) is 13.2. The molecular formula is C16H22N2. The van der Waals surface area contributed by atoms with E-state index >= 15 is 0 Å². The number of nitrogens with two attached hydrogens (primary N) is 1. The van der Waals surface area contributed by atoms with Gasteiger partial charge in [0.05, 0.1) is 6.54 Å². The number of allylic oxidation sites excluding steroid dienone is 4. The maximum absolute atomic E-state index is 5.72. The van der Waals surface area contributed by atoms with Crippen molar-refractivity contribution < 1.29 is 0 Å². The van der Waals surface area contributed by atoms with Gasteiger partial charge in [-0.15, -0.1) is 0 Å². The van der Waals surface area contributed by atoms with Gasteiger partial charge in [0.1, 0.15) is 0 Å². The summed E-state index contributed by atoms with van der Waals surface area (Å²) in [4.78, 5) is 4.59. The fraction of sp³-hybridized carbons (Fsp3) is 0.438. The second-order valence-electron chi connectivity index (χ2n) is 5.36. The van der Waals surface area contributed by atoms with E-state index in [9.17, 15) is 0 Å². The van der Waals surface area contributed by atoms with Gasteiger partial charge in [-0.05, 0) is 43.4 Å². The molecule has 0 spiro atoms. The van der Waals surface area contributed by atoms with Crippen molar-refractivity contribution in [2.45, 2.75) is 32.6 Å². The third kappa shape index (κ3) is 2.33. The molecule has 0 saturated heterocycles. The second kappa shape index (κ2) is 4.97. The maximum Gasteiger partial charge on any atom is 0.0579 e. The summed E-state index contributed by atoms with van der Waals surface area (Å²) in [6.45, 7) is 10.7. The fourth-order valence-electron chi connectivity index (χ4n) is 2.85. The molecule has 2 aliphatic rings. The Kier molecular flexibility index (Phi) is 3.55. The fourth-order valence-corrected chi connectivity index (χ4v) is 2.85. The molecule has 2 heteroatoms. The third-order valence-corrected chi connectivity index (χ3v) is 4.12. The molecule has 1 aliphatic heterocycles. The first kappa shape index (κ1) is 12.9. The minimum atomic E-state index is 0.197. The normalized spacial score (nSPS) is 21.9. The van der Waals surface area contributed by atoms with E-state index in [0.29, 0.717) is 5.70 Å². The van der Waals surface area contributed by atoms with Gasteiger partial charge in [0.2, 0.25) is 0 Å². The van der Waals surface area contributed by atoms with Gasteiger partial charge in [0.15, 0.2) is 0 Å². The highest BCUT2D eigenvalue weighted by molar-refractivity contribution is 6.02. The largest absolute Gasteiger partial charge is 0.399 e. The summed E-state index contributed by atoms with van der Waals surface area (Å²) < 4.78 is 0. The lowest BCUT2D eigenvalue weighted by molar-refractivity contribution is 0.202. The van der Waals surface area contributed by atoms with Crippen LogP contribution in [0.25, 0.3) is 0 Å². The van der Waals surface area contributed by atoms with E-state index in [0.717, 1.165) is 13.0 Å². The van der Waals surface area contributed by atoms with Gasteiger partial charge in [0, 0.05) is 16.8 Å². The molecule has 0 unspecified atom stereocenters. The third-order valence-electron chi connectivity index (χ3n) is 4.12. The Morgan fingerprint density at radius 2 is 2.28 bits per heavy atom. The van der Waals surface area contributed by atoms with Crippen LogP contribution in [0.5, 0.6) is 0 Å². The predicted molar refractivity (Wildman–Crippen MR) is 78.6 cm³/mol. The molecular weight excluding hydrogens is 220 g/mol. The highest BCUT2D eigenvalue weighted by atomic mass is 14.8. The topological polar surface area (TPSA) is 38.4 Å². The molecule has 18 heavy (non-hydrogen) atoms. The number of nitrogens with zero attached hydrogens (tertiary/aromatic N) is 1. The van der Waals surface area contributed by atoms with Crippen LogP contribution in [0.2, 0.25) is 0 Å². The summed E-state index contributed by atoms with van der Waals surface area (Å²) in [6, 6.07) is 0. The average Bonchev–Trinajstić information content (AvgIpc) is 2.66. The molecule has 96 valence electrons. The van der Waals surface area contributed by atoms with Crippen LogP contribution in [-0.2, 0) is 0 Å². The molecule has 0 bridgehead atoms. The van der Waals surface area contributed by atoms with Gasteiger partial charge in [0.25, 0.3) is 0 Å². The van der Waals surface area contributed by atoms with E-state index in [4.69, 9.17) is 5.73 Å². The lowest BCUT2D eigenvalue weighted by Crippen LogP contribution is -2.33. The van der Waals surface area contributed by atoms with Gasteiger partial charge in [-0.3, -0.25) is 4.99 Å². The highest BCUT2D eigenvalue weighted by Gasteiger charge is 2.40. The number of aliphatic imine (C=N–C) groups is 1. The quantitative estimate of drug-likeness (QED) is 0.736. The van der Waals surface area contributed by atoms with Gasteiger partial charge >= 0.3 is 0 Å². The molecule has 1 aliphatic carbocycles. The van der Waals surface area contributed by atoms with Crippen LogP contribution in [0.3, 0.4) is 0 Å². The van der Waals surface area contributed by atoms with Gasteiger partial charge < -0.3 is 5.73 Å². The molecule has 0 atom stereocenters. The summed E-state index contributed by atoms with van der Waals surface area (Å²) in [5.74, 6) is 0. The minimum absolute atomic E-state index is 0.197. The number of hydrogen-bond acceptors (Lipinski definition) is 2. The average molecular weight is 242 g/mol. The Morgan fingerprint density at radius 1 is 1.56 bits per heavy atom. The van der Waals surface area contributed by atoms with Crippen molar-refractivity contribution in [1.29, 1.82) is 0 Å². The maximum atomic E-state index is 5.72. The number of rotatable bonds is 5. The summed E-state index contributed by atoms with van der Waals surface area (Å²) in [5, 5.41) is 0. The van der Waals surface area contributed by atoms with Crippen molar-refractivity contribution in [3.63, 3.8) is 0 Å². The van der Waals surface area contributed by atoms with Crippen LogP contribution in [0.15, 0.2) is 53.2 Å². The molecule has 0 aromatic carbocycles. The molecule has 0 amide bonds. The van der Waals surface area contributed by atoms with E-state index in [1.165, 1.54) is 36.1 Å². The van der Waals surface area contributed by atoms with Crippen LogP contribution in [-0.4, -0.2) is 12.3 Å². The van der Waals surface area contributed by atoms with E-state index < -0.39 is 0 Å². The van der Waals surface area contributed by atoms with Crippen LogP contribution in [0, 0.1) is 5.41 Å². The molecule has 0 radical (unpaired) electrons. The van der Waals surface area contributed by atoms with Crippen LogP contribution in [0.1, 0.15) is 32.6 Å². The van der Waals surface area contributed by atoms with Crippen LogP contribution < -0.4 is 5.73 Å². The van der Waals surface area contributed by atoms with Gasteiger partial charge in [-0.25, -0.2) is 0 Å². The smallest absolute Gasteiger partial charge is 0.0579 e. The first-order chi connectivity index (χ1) is 8.57. The van der Waals surface area contributed by atoms with Crippen molar-refractivity contribution in [2.24, 2.45) is 16.1 Å². The molecule has 2 nitrogen and oxygen atoms in total. The molecule has 1 heterocycles. The summed E-state index contributed by atoms with van der Waals surface area (Å²) in [7, 11) is 0. The van der Waals surface area contributed by atoms with Crippen molar-refractivity contribution >= 4 is 5.71 Å². The van der Waals surface area contributed by atoms with Gasteiger partial charge in [-0.1, -0.05) is 31.7 Å². The van der Waals surface area contributed by atoms with Crippen molar-refractivity contribution in [3.8, 4) is 0 Å². The van der Waals surface area contributed by atoms with E-state index in [-0.39, 0.29) is 5.41 Å². The zero-order valence-corrected chi connectivity index (χ0v) is 11.2. The van der Waals surface area contributed by atoms with E-state index in [2.05, 4.69) is 31.2 Å². The Hall–Kier alpha value is -1.57. The second-order valence-corrected chi connectivity index (χ2v) is 5.36. The van der Waals surface area contributed by atoms with Gasteiger partial charge in [-0.2, -0.15) is 0 Å². The Labute approximate surface area is 110 Å². The SMILES string of the molecule is C=C/C(=C\C(=C)N)C1(CC2=NCC=C2C)CCC1. The standard InChI is InChI=1S/C16H22N2/c1-4-14(10-13(3)17)16(7-5-8-16)11-15-12(2)6-9-18-15/h4,6,10H,1,3,5,7-9,11,17H2,2H3/b14-10+. The molecule has 2 rings (SSSR count). The Bertz CT molecular complexity index is 459. The van der Waals surface area contributed by atoms with E-state index in [1.807, 2.05) is 12.2 Å². The van der Waals surface area contributed by atoms with Crippen molar-refractivity contribution in [1.82, 2.24) is 0 Å². The lowest BCUT2D eigenvalue weighted by atomic mass is 9.61. The van der Waals surface area contributed by atoms with Crippen molar-refractivity contribution in [2.75, 3.05) is 6.54 Å². The summed E-state index contributed by atoms with van der Waals surface area (Å²) >= 11 is 0. The Morgan fingerprint density at radius 3 is 2.67 bits per heavy atom. The minimum Gasteiger partial charge on any atom is -0.399 e. The van der Waals surface area contributed by atoms with Crippen LogP contribution in [0.4, 0.5) is 0 Å². The molecule has 1 fully saturated rings. The molecule has 0 aromatic heterocycles. The predicted octanol–water partition coefficient (Wildman–Crippen LogP) is 3.53. The summed E-state index contributed by atoms with van der Waals surface area (Å²) in [6.07, 6.45) is 10.8. The summed E-state index contributed by atoms with van der Waals surface area (Å²) in [5.41, 5.74) is 10.3. The Balaban J connectivity index is 2.23. The monoisotopic (exact) mass is 242 g/mol.